The molecule has 1 aromatic heterocycles. The number of aryl methyl sites for hydroxylation is 1. The van der Waals surface area contributed by atoms with E-state index in [4.69, 9.17) is 0 Å². The average molecular weight is 334 g/mol. The van der Waals surface area contributed by atoms with Gasteiger partial charge in [0.2, 0.25) is 10.0 Å². The molecule has 0 radical (unpaired) electrons. The van der Waals surface area contributed by atoms with Crippen LogP contribution in [0.15, 0.2) is 46.9 Å². The number of benzene rings is 1. The summed E-state index contributed by atoms with van der Waals surface area (Å²) in [6.07, 6.45) is 2.80. The first-order valence-electron chi connectivity index (χ1n) is 7.18. The molecule has 0 N–H and O–H groups in total. The summed E-state index contributed by atoms with van der Waals surface area (Å²) >= 11 is 1.56. The first-order chi connectivity index (χ1) is 10.5. The fraction of sp³-hybridized carbons (Fsp3) is 0.312. The van der Waals surface area contributed by atoms with Gasteiger partial charge in [-0.15, -0.1) is 11.3 Å². The Morgan fingerprint density at radius 2 is 2.00 bits per heavy atom. The van der Waals surface area contributed by atoms with E-state index in [0.717, 1.165) is 22.6 Å². The van der Waals surface area contributed by atoms with Crippen LogP contribution in [0.1, 0.15) is 35.4 Å². The number of nitrogens with zero attached hydrogens (tertiary/aromatic N) is 2. The molecule has 1 atom stereocenters. The number of rotatable bonds is 4. The second-order valence-electron chi connectivity index (χ2n) is 5.37. The Kier molecular flexibility index (Phi) is 4.06. The summed E-state index contributed by atoms with van der Waals surface area (Å²) in [5.74, 6) is 0. The van der Waals surface area contributed by atoms with Crippen LogP contribution in [-0.4, -0.2) is 24.8 Å². The minimum absolute atomic E-state index is 0.226. The van der Waals surface area contributed by atoms with Crippen molar-refractivity contribution in [1.82, 2.24) is 4.41 Å². The number of hydrazone groups is 1. The Hall–Kier alpha value is -1.66. The molecule has 2 aromatic rings. The molecule has 0 bridgehead atoms. The Labute approximate surface area is 135 Å². The van der Waals surface area contributed by atoms with Gasteiger partial charge in [-0.05, 0) is 29.0 Å². The third-order valence-electron chi connectivity index (χ3n) is 3.78. The van der Waals surface area contributed by atoms with Crippen LogP contribution < -0.4 is 0 Å². The van der Waals surface area contributed by atoms with Crippen molar-refractivity contribution in [2.75, 3.05) is 6.26 Å². The van der Waals surface area contributed by atoms with Gasteiger partial charge in [-0.3, -0.25) is 0 Å². The van der Waals surface area contributed by atoms with E-state index in [1.165, 1.54) is 16.2 Å². The van der Waals surface area contributed by atoms with Gasteiger partial charge in [-0.1, -0.05) is 37.3 Å². The molecular formula is C16H18N2O2S2. The van der Waals surface area contributed by atoms with Gasteiger partial charge in [0, 0.05) is 11.3 Å². The van der Waals surface area contributed by atoms with E-state index in [9.17, 15) is 8.42 Å². The van der Waals surface area contributed by atoms with Crippen molar-refractivity contribution < 1.29 is 8.42 Å². The zero-order chi connectivity index (χ0) is 15.7. The normalized spacial score (nSPS) is 18.5. The highest BCUT2D eigenvalue weighted by molar-refractivity contribution is 7.88. The number of hydrogen-bond acceptors (Lipinski definition) is 4. The Bertz CT molecular complexity index is 778. The fourth-order valence-corrected chi connectivity index (χ4v) is 4.37. The highest BCUT2D eigenvalue weighted by Crippen LogP contribution is 2.36. The molecule has 0 saturated carbocycles. The second kappa shape index (κ2) is 5.85. The highest BCUT2D eigenvalue weighted by atomic mass is 32.2. The van der Waals surface area contributed by atoms with E-state index < -0.39 is 10.0 Å². The van der Waals surface area contributed by atoms with E-state index in [1.54, 1.807) is 11.3 Å². The summed E-state index contributed by atoms with van der Waals surface area (Å²) in [6, 6.07) is 11.9. The molecule has 0 aliphatic carbocycles. The van der Waals surface area contributed by atoms with Gasteiger partial charge in [0.15, 0.2) is 0 Å². The lowest BCUT2D eigenvalue weighted by molar-refractivity contribution is 0.379. The molecule has 22 heavy (non-hydrogen) atoms. The van der Waals surface area contributed by atoms with Crippen LogP contribution in [0, 0.1) is 0 Å². The molecule has 0 saturated heterocycles. The first kappa shape index (κ1) is 15.2. The predicted molar refractivity (Wildman–Crippen MR) is 90.7 cm³/mol. The standard InChI is InChI=1S/C16H18N2O2S2/c1-3-12-6-8-13(9-7-12)14-11-15(16-5-4-10-21-16)18(17-14)22(2,19)20/h4-10,15H,3,11H2,1-2H3/t15-/m0/s1. The summed E-state index contributed by atoms with van der Waals surface area (Å²) in [5.41, 5.74) is 3.08. The molecule has 2 heterocycles. The van der Waals surface area contributed by atoms with Gasteiger partial charge in [0.25, 0.3) is 0 Å². The maximum absolute atomic E-state index is 12.0. The van der Waals surface area contributed by atoms with Gasteiger partial charge in [-0.2, -0.15) is 9.52 Å². The minimum atomic E-state index is -3.38. The summed E-state index contributed by atoms with van der Waals surface area (Å²) in [4.78, 5) is 1.02. The molecule has 0 amide bonds. The molecule has 4 nitrogen and oxygen atoms in total. The molecule has 0 fully saturated rings. The van der Waals surface area contributed by atoms with Crippen molar-refractivity contribution in [2.24, 2.45) is 5.10 Å². The van der Waals surface area contributed by atoms with Crippen LogP contribution in [0.25, 0.3) is 0 Å². The van der Waals surface area contributed by atoms with Crippen LogP contribution in [0.3, 0.4) is 0 Å². The topological polar surface area (TPSA) is 49.7 Å². The molecule has 1 aliphatic rings. The number of hydrogen-bond donors (Lipinski definition) is 0. The maximum atomic E-state index is 12.0. The second-order valence-corrected chi connectivity index (χ2v) is 8.19. The third-order valence-corrected chi connectivity index (χ3v) is 5.77. The van der Waals surface area contributed by atoms with E-state index in [0.29, 0.717) is 6.42 Å². The van der Waals surface area contributed by atoms with Crippen LogP contribution in [-0.2, 0) is 16.4 Å². The quantitative estimate of drug-likeness (QED) is 0.860. The summed E-state index contributed by atoms with van der Waals surface area (Å²) < 4.78 is 25.3. The number of sulfonamides is 1. The molecule has 0 unspecified atom stereocenters. The smallest absolute Gasteiger partial charge is 0.205 e. The first-order valence-corrected chi connectivity index (χ1v) is 9.91. The minimum Gasteiger partial charge on any atom is -0.205 e. The highest BCUT2D eigenvalue weighted by Gasteiger charge is 2.34. The third kappa shape index (κ3) is 2.94. The maximum Gasteiger partial charge on any atom is 0.247 e. The molecule has 0 spiro atoms. The Morgan fingerprint density at radius 3 is 2.55 bits per heavy atom. The summed E-state index contributed by atoms with van der Waals surface area (Å²) in [7, 11) is -3.38. The van der Waals surface area contributed by atoms with Crippen LogP contribution >= 0.6 is 11.3 Å². The number of thiophene rings is 1. The van der Waals surface area contributed by atoms with Gasteiger partial charge in [0.1, 0.15) is 6.04 Å². The summed E-state index contributed by atoms with van der Waals surface area (Å²) in [6.45, 7) is 2.11. The monoisotopic (exact) mass is 334 g/mol. The molecule has 6 heteroatoms. The zero-order valence-corrected chi connectivity index (χ0v) is 14.2. The van der Waals surface area contributed by atoms with E-state index >= 15 is 0 Å². The lowest BCUT2D eigenvalue weighted by Gasteiger charge is -2.19. The molecule has 116 valence electrons. The van der Waals surface area contributed by atoms with Gasteiger partial charge >= 0.3 is 0 Å². The SMILES string of the molecule is CCc1ccc(C2=NN(S(C)(=O)=O)[C@H](c3cccs3)C2)cc1. The Balaban J connectivity index is 1.96. The average Bonchev–Trinajstić information content (AvgIpc) is 3.15. The lowest BCUT2D eigenvalue weighted by atomic mass is 10.0. The lowest BCUT2D eigenvalue weighted by Crippen LogP contribution is -2.25. The Morgan fingerprint density at radius 1 is 1.27 bits per heavy atom. The van der Waals surface area contributed by atoms with Crippen molar-refractivity contribution in [3.63, 3.8) is 0 Å². The van der Waals surface area contributed by atoms with Crippen molar-refractivity contribution in [2.45, 2.75) is 25.8 Å². The zero-order valence-electron chi connectivity index (χ0n) is 12.6. The van der Waals surface area contributed by atoms with Crippen molar-refractivity contribution >= 4 is 27.1 Å². The van der Waals surface area contributed by atoms with Crippen molar-refractivity contribution in [1.29, 1.82) is 0 Å². The van der Waals surface area contributed by atoms with Crippen molar-refractivity contribution in [3.05, 3.63) is 57.8 Å². The predicted octanol–water partition coefficient (Wildman–Crippen LogP) is 3.42. The van der Waals surface area contributed by atoms with Crippen molar-refractivity contribution in [3.8, 4) is 0 Å². The van der Waals surface area contributed by atoms with E-state index in [2.05, 4.69) is 24.2 Å². The summed E-state index contributed by atoms with van der Waals surface area (Å²) in [5, 5.41) is 6.35. The molecular weight excluding hydrogens is 316 g/mol. The molecule has 1 aromatic carbocycles. The van der Waals surface area contributed by atoms with Gasteiger partial charge in [0.05, 0.1) is 12.0 Å². The van der Waals surface area contributed by atoms with Gasteiger partial charge < -0.3 is 0 Å². The van der Waals surface area contributed by atoms with Crippen LogP contribution in [0.5, 0.6) is 0 Å². The van der Waals surface area contributed by atoms with Gasteiger partial charge in [-0.25, -0.2) is 8.42 Å². The van der Waals surface area contributed by atoms with Crippen LogP contribution in [0.2, 0.25) is 0 Å². The van der Waals surface area contributed by atoms with Crippen LogP contribution in [0.4, 0.5) is 0 Å². The van der Waals surface area contributed by atoms with E-state index in [1.807, 2.05) is 29.6 Å². The molecule has 1 aliphatic heterocycles. The fourth-order valence-electron chi connectivity index (χ4n) is 2.59. The molecule has 3 rings (SSSR count). The largest absolute Gasteiger partial charge is 0.247 e. The van der Waals surface area contributed by atoms with E-state index in [-0.39, 0.29) is 6.04 Å².